The molecule has 0 bridgehead atoms. The Morgan fingerprint density at radius 2 is 2.00 bits per heavy atom. The minimum atomic E-state index is -0.274. The van der Waals surface area contributed by atoms with Crippen LogP contribution in [-0.2, 0) is 13.0 Å². The number of amides is 1. The van der Waals surface area contributed by atoms with Crippen molar-refractivity contribution in [2.24, 2.45) is 0 Å². The van der Waals surface area contributed by atoms with Gasteiger partial charge in [0.25, 0.3) is 5.91 Å². The van der Waals surface area contributed by atoms with E-state index in [1.54, 1.807) is 30.1 Å². The fourth-order valence-corrected chi connectivity index (χ4v) is 3.23. The zero-order chi connectivity index (χ0) is 14.7. The van der Waals surface area contributed by atoms with Crippen LogP contribution in [0.1, 0.15) is 32.6 Å². The molecule has 0 radical (unpaired) electrons. The van der Waals surface area contributed by atoms with Crippen molar-refractivity contribution in [2.75, 3.05) is 7.05 Å². The number of rotatable bonds is 4. The maximum Gasteiger partial charge on any atom is 0.263 e. The third-order valence-corrected chi connectivity index (χ3v) is 4.41. The Labute approximate surface area is 122 Å². The van der Waals surface area contributed by atoms with Gasteiger partial charge in [-0.05, 0) is 31.0 Å². The van der Waals surface area contributed by atoms with Gasteiger partial charge in [0.15, 0.2) is 0 Å². The SMILES string of the molecule is CCc1cc(C(=O)N(C)Cc2ccccc2F)sc1C. The average molecular weight is 291 g/mol. The first-order valence-electron chi connectivity index (χ1n) is 6.61. The predicted octanol–water partition coefficient (Wildman–Crippen LogP) is 4.03. The summed E-state index contributed by atoms with van der Waals surface area (Å²) in [7, 11) is 1.70. The summed E-state index contributed by atoms with van der Waals surface area (Å²) in [6.07, 6.45) is 0.923. The van der Waals surface area contributed by atoms with Crippen molar-refractivity contribution in [3.8, 4) is 0 Å². The molecule has 2 nitrogen and oxygen atoms in total. The first-order chi connectivity index (χ1) is 9.52. The molecule has 0 aliphatic rings. The molecule has 0 unspecified atom stereocenters. The van der Waals surface area contributed by atoms with Gasteiger partial charge in [-0.1, -0.05) is 25.1 Å². The molecule has 0 saturated carbocycles. The van der Waals surface area contributed by atoms with Crippen LogP contribution in [-0.4, -0.2) is 17.9 Å². The lowest BCUT2D eigenvalue weighted by Gasteiger charge is -2.16. The third kappa shape index (κ3) is 3.07. The summed E-state index contributed by atoms with van der Waals surface area (Å²) < 4.78 is 13.6. The standard InChI is InChI=1S/C16H18FNOS/c1-4-12-9-15(20-11(12)2)16(19)18(3)10-13-7-5-6-8-14(13)17/h5-9H,4,10H2,1-3H3. The Hall–Kier alpha value is -1.68. The molecule has 0 aliphatic carbocycles. The van der Waals surface area contributed by atoms with Gasteiger partial charge in [-0.2, -0.15) is 0 Å². The second kappa shape index (κ2) is 6.18. The predicted molar refractivity (Wildman–Crippen MR) is 80.6 cm³/mol. The second-order valence-corrected chi connectivity index (χ2v) is 6.05. The highest BCUT2D eigenvalue weighted by molar-refractivity contribution is 7.14. The van der Waals surface area contributed by atoms with Crippen molar-refractivity contribution in [1.82, 2.24) is 4.90 Å². The van der Waals surface area contributed by atoms with Crippen LogP contribution in [0.2, 0.25) is 0 Å². The molecule has 1 aromatic carbocycles. The van der Waals surface area contributed by atoms with E-state index in [1.165, 1.54) is 27.8 Å². The van der Waals surface area contributed by atoms with E-state index in [9.17, 15) is 9.18 Å². The fourth-order valence-electron chi connectivity index (χ4n) is 2.12. The van der Waals surface area contributed by atoms with Crippen LogP contribution in [0, 0.1) is 12.7 Å². The molecule has 2 aromatic rings. The number of benzene rings is 1. The molecule has 1 heterocycles. The van der Waals surface area contributed by atoms with E-state index in [0.29, 0.717) is 5.56 Å². The Morgan fingerprint density at radius 3 is 2.60 bits per heavy atom. The molecular weight excluding hydrogens is 273 g/mol. The number of hydrogen-bond donors (Lipinski definition) is 0. The molecule has 0 spiro atoms. The zero-order valence-electron chi connectivity index (χ0n) is 11.9. The van der Waals surface area contributed by atoms with E-state index in [-0.39, 0.29) is 18.3 Å². The van der Waals surface area contributed by atoms with Crippen LogP contribution < -0.4 is 0 Å². The molecule has 1 amide bonds. The Kier molecular flexibility index (Phi) is 4.55. The van der Waals surface area contributed by atoms with Gasteiger partial charge in [0.05, 0.1) is 4.88 Å². The van der Waals surface area contributed by atoms with Gasteiger partial charge in [0.2, 0.25) is 0 Å². The van der Waals surface area contributed by atoms with Crippen LogP contribution >= 0.6 is 11.3 Å². The van der Waals surface area contributed by atoms with E-state index >= 15 is 0 Å². The fraction of sp³-hybridized carbons (Fsp3) is 0.312. The monoisotopic (exact) mass is 291 g/mol. The summed E-state index contributed by atoms with van der Waals surface area (Å²) in [5.41, 5.74) is 1.74. The van der Waals surface area contributed by atoms with Crippen LogP contribution in [0.15, 0.2) is 30.3 Å². The summed E-state index contributed by atoms with van der Waals surface area (Å²) >= 11 is 1.51. The molecule has 1 aromatic heterocycles. The smallest absolute Gasteiger partial charge is 0.263 e. The minimum absolute atomic E-state index is 0.0546. The number of hydrogen-bond acceptors (Lipinski definition) is 2. The summed E-state index contributed by atoms with van der Waals surface area (Å²) in [6, 6.07) is 8.49. The van der Waals surface area contributed by atoms with E-state index in [0.717, 1.165) is 11.3 Å². The molecule has 2 rings (SSSR count). The third-order valence-electron chi connectivity index (χ3n) is 3.32. The largest absolute Gasteiger partial charge is 0.337 e. The highest BCUT2D eigenvalue weighted by Crippen LogP contribution is 2.23. The van der Waals surface area contributed by atoms with E-state index in [1.807, 2.05) is 13.0 Å². The summed E-state index contributed by atoms with van der Waals surface area (Å²) in [5, 5.41) is 0. The van der Waals surface area contributed by atoms with Gasteiger partial charge in [-0.25, -0.2) is 4.39 Å². The van der Waals surface area contributed by atoms with E-state index in [2.05, 4.69) is 6.92 Å². The number of carbonyl (C=O) groups is 1. The van der Waals surface area contributed by atoms with Crippen molar-refractivity contribution in [3.63, 3.8) is 0 Å². The van der Waals surface area contributed by atoms with Crippen molar-refractivity contribution >= 4 is 17.2 Å². The van der Waals surface area contributed by atoms with Crippen LogP contribution in [0.4, 0.5) is 4.39 Å². The van der Waals surface area contributed by atoms with Crippen molar-refractivity contribution in [3.05, 3.63) is 57.0 Å². The number of nitrogens with zero attached hydrogens (tertiary/aromatic N) is 1. The quantitative estimate of drug-likeness (QED) is 0.833. The van der Waals surface area contributed by atoms with Gasteiger partial charge < -0.3 is 4.90 Å². The second-order valence-electron chi connectivity index (χ2n) is 4.80. The lowest BCUT2D eigenvalue weighted by atomic mass is 10.2. The van der Waals surface area contributed by atoms with Gasteiger partial charge in [0.1, 0.15) is 5.82 Å². The molecule has 0 atom stereocenters. The lowest BCUT2D eigenvalue weighted by molar-refractivity contribution is 0.0788. The number of aryl methyl sites for hydroxylation is 2. The Balaban J connectivity index is 2.14. The summed E-state index contributed by atoms with van der Waals surface area (Å²) in [4.78, 5) is 15.8. The molecule has 0 saturated heterocycles. The summed E-state index contributed by atoms with van der Waals surface area (Å²) in [5.74, 6) is -0.329. The number of carbonyl (C=O) groups excluding carboxylic acids is 1. The normalized spacial score (nSPS) is 10.6. The molecule has 0 aliphatic heterocycles. The highest BCUT2D eigenvalue weighted by atomic mass is 32.1. The molecule has 0 fully saturated rings. The Morgan fingerprint density at radius 1 is 1.30 bits per heavy atom. The maximum absolute atomic E-state index is 13.6. The number of thiophene rings is 1. The molecule has 0 N–H and O–H groups in total. The van der Waals surface area contributed by atoms with Crippen LogP contribution in [0.25, 0.3) is 0 Å². The average Bonchev–Trinajstić information content (AvgIpc) is 2.81. The summed E-state index contributed by atoms with van der Waals surface area (Å²) in [6.45, 7) is 4.38. The zero-order valence-corrected chi connectivity index (χ0v) is 12.8. The maximum atomic E-state index is 13.6. The molecular formula is C16H18FNOS. The van der Waals surface area contributed by atoms with Gasteiger partial charge >= 0.3 is 0 Å². The molecule has 106 valence electrons. The van der Waals surface area contributed by atoms with Gasteiger partial charge in [-0.3, -0.25) is 4.79 Å². The first-order valence-corrected chi connectivity index (χ1v) is 7.42. The highest BCUT2D eigenvalue weighted by Gasteiger charge is 2.17. The van der Waals surface area contributed by atoms with Crippen molar-refractivity contribution < 1.29 is 9.18 Å². The molecule has 4 heteroatoms. The van der Waals surface area contributed by atoms with Gasteiger partial charge in [-0.15, -0.1) is 11.3 Å². The van der Waals surface area contributed by atoms with E-state index < -0.39 is 0 Å². The van der Waals surface area contributed by atoms with Crippen molar-refractivity contribution in [1.29, 1.82) is 0 Å². The topological polar surface area (TPSA) is 20.3 Å². The number of halogens is 1. The first kappa shape index (κ1) is 14.7. The van der Waals surface area contributed by atoms with Crippen LogP contribution in [0.3, 0.4) is 0 Å². The van der Waals surface area contributed by atoms with Gasteiger partial charge in [0, 0.05) is 24.0 Å². The minimum Gasteiger partial charge on any atom is -0.337 e. The lowest BCUT2D eigenvalue weighted by Crippen LogP contribution is -2.25. The molecule has 20 heavy (non-hydrogen) atoms. The van der Waals surface area contributed by atoms with Crippen molar-refractivity contribution in [2.45, 2.75) is 26.8 Å². The Bertz CT molecular complexity index is 621. The van der Waals surface area contributed by atoms with Crippen LogP contribution in [0.5, 0.6) is 0 Å². The van der Waals surface area contributed by atoms with E-state index in [4.69, 9.17) is 0 Å².